The minimum Gasteiger partial charge on any atom is -0.334 e. The molecule has 2 aromatic carbocycles. The molecule has 0 saturated carbocycles. The highest BCUT2D eigenvalue weighted by atomic mass is 16.2. The maximum absolute atomic E-state index is 12.9. The molecule has 0 saturated heterocycles. The zero-order valence-corrected chi connectivity index (χ0v) is 13.4. The van der Waals surface area contributed by atoms with E-state index in [-0.39, 0.29) is 5.91 Å². The lowest BCUT2D eigenvalue weighted by Crippen LogP contribution is -2.33. The highest BCUT2D eigenvalue weighted by Crippen LogP contribution is 2.15. The number of aryl methyl sites for hydroxylation is 2. The van der Waals surface area contributed by atoms with E-state index in [1.54, 1.807) is 0 Å². The van der Waals surface area contributed by atoms with E-state index in [0.717, 1.165) is 23.1 Å². The first-order chi connectivity index (χ1) is 10.6. The lowest BCUT2D eigenvalue weighted by Gasteiger charge is -2.23. The summed E-state index contributed by atoms with van der Waals surface area (Å²) in [6.07, 6.45) is 0.809. The van der Waals surface area contributed by atoms with E-state index in [1.165, 1.54) is 5.56 Å². The molecule has 3 nitrogen and oxygen atoms in total. The third kappa shape index (κ3) is 4.18. The Bertz CT molecular complexity index is 623. The molecule has 0 atom stereocenters. The molecule has 1 amide bonds. The smallest absolute Gasteiger partial charge is 0.254 e. The topological polar surface area (TPSA) is 46.3 Å². The van der Waals surface area contributed by atoms with Crippen molar-refractivity contribution in [3.8, 4) is 0 Å². The van der Waals surface area contributed by atoms with Crippen LogP contribution in [-0.4, -0.2) is 23.9 Å². The van der Waals surface area contributed by atoms with Crippen molar-refractivity contribution in [2.45, 2.75) is 26.8 Å². The molecule has 22 heavy (non-hydrogen) atoms. The van der Waals surface area contributed by atoms with Crippen LogP contribution >= 0.6 is 0 Å². The third-order valence-corrected chi connectivity index (χ3v) is 3.75. The summed E-state index contributed by atoms with van der Waals surface area (Å²) < 4.78 is 0. The Balaban J connectivity index is 2.22. The molecule has 0 aliphatic carbocycles. The van der Waals surface area contributed by atoms with E-state index >= 15 is 0 Å². The van der Waals surface area contributed by atoms with E-state index in [0.29, 0.717) is 19.6 Å². The Kier molecular flexibility index (Phi) is 5.73. The number of nitrogens with zero attached hydrogens (tertiary/aromatic N) is 1. The number of nitrogens with two attached hydrogens (primary N) is 1. The van der Waals surface area contributed by atoms with Gasteiger partial charge in [0.15, 0.2) is 0 Å². The predicted octanol–water partition coefficient (Wildman–Crippen LogP) is 3.29. The number of benzene rings is 2. The summed E-state index contributed by atoms with van der Waals surface area (Å²) in [6.45, 7) is 5.91. The molecule has 0 unspecified atom stereocenters. The highest BCUT2D eigenvalue weighted by Gasteiger charge is 2.17. The molecule has 0 aliphatic rings. The molecule has 0 aliphatic heterocycles. The Morgan fingerprint density at radius 1 is 1.09 bits per heavy atom. The van der Waals surface area contributed by atoms with Crippen molar-refractivity contribution in [3.63, 3.8) is 0 Å². The van der Waals surface area contributed by atoms with Crippen LogP contribution < -0.4 is 5.73 Å². The normalized spacial score (nSPS) is 10.5. The molecular weight excluding hydrogens is 272 g/mol. The quantitative estimate of drug-likeness (QED) is 0.889. The summed E-state index contributed by atoms with van der Waals surface area (Å²) >= 11 is 0. The van der Waals surface area contributed by atoms with Crippen molar-refractivity contribution < 1.29 is 4.79 Å². The van der Waals surface area contributed by atoms with E-state index in [4.69, 9.17) is 5.73 Å². The molecule has 0 spiro atoms. The second-order valence-electron chi connectivity index (χ2n) is 5.67. The summed E-state index contributed by atoms with van der Waals surface area (Å²) in [5.41, 5.74) is 9.73. The third-order valence-electron chi connectivity index (χ3n) is 3.75. The summed E-state index contributed by atoms with van der Waals surface area (Å²) in [5.74, 6) is 0.0785. The monoisotopic (exact) mass is 296 g/mol. The zero-order valence-electron chi connectivity index (χ0n) is 13.4. The second-order valence-corrected chi connectivity index (χ2v) is 5.67. The van der Waals surface area contributed by atoms with E-state index < -0.39 is 0 Å². The molecule has 0 bridgehead atoms. The fourth-order valence-corrected chi connectivity index (χ4v) is 2.56. The van der Waals surface area contributed by atoms with Crippen molar-refractivity contribution >= 4 is 5.91 Å². The molecule has 2 aromatic rings. The molecule has 0 aromatic heterocycles. The summed E-state index contributed by atoms with van der Waals surface area (Å²) in [7, 11) is 0. The van der Waals surface area contributed by atoms with Gasteiger partial charge in [0.2, 0.25) is 0 Å². The number of rotatable bonds is 6. The Hall–Kier alpha value is -2.13. The Morgan fingerprint density at radius 2 is 1.82 bits per heavy atom. The first-order valence-corrected chi connectivity index (χ1v) is 7.72. The van der Waals surface area contributed by atoms with Crippen LogP contribution in [0.15, 0.2) is 48.5 Å². The van der Waals surface area contributed by atoms with Gasteiger partial charge < -0.3 is 10.6 Å². The van der Waals surface area contributed by atoms with Crippen LogP contribution in [0.2, 0.25) is 0 Å². The van der Waals surface area contributed by atoms with Gasteiger partial charge in [-0.15, -0.1) is 0 Å². The number of carbonyl (C=O) groups excluding carboxylic acids is 1. The van der Waals surface area contributed by atoms with Crippen molar-refractivity contribution in [1.29, 1.82) is 0 Å². The zero-order chi connectivity index (χ0) is 15.9. The van der Waals surface area contributed by atoms with Gasteiger partial charge in [-0.1, -0.05) is 48.0 Å². The van der Waals surface area contributed by atoms with Crippen LogP contribution in [-0.2, 0) is 6.54 Å². The first kappa shape index (κ1) is 16.2. The van der Waals surface area contributed by atoms with Gasteiger partial charge in [-0.25, -0.2) is 0 Å². The number of hydrogen-bond donors (Lipinski definition) is 1. The largest absolute Gasteiger partial charge is 0.334 e. The lowest BCUT2D eigenvalue weighted by molar-refractivity contribution is 0.0741. The van der Waals surface area contributed by atoms with Gasteiger partial charge in [0.25, 0.3) is 5.91 Å². The average molecular weight is 296 g/mol. The fourth-order valence-electron chi connectivity index (χ4n) is 2.56. The van der Waals surface area contributed by atoms with E-state index in [1.807, 2.05) is 61.2 Å². The van der Waals surface area contributed by atoms with Crippen LogP contribution in [0.3, 0.4) is 0 Å². The Morgan fingerprint density at radius 3 is 2.45 bits per heavy atom. The van der Waals surface area contributed by atoms with Crippen LogP contribution in [0.4, 0.5) is 0 Å². The standard InChI is InChI=1S/C19H24N2O/c1-15-9-10-18(16(2)13-15)19(22)21(12-6-11-20)14-17-7-4-3-5-8-17/h3-5,7-10,13H,6,11-12,14,20H2,1-2H3. The van der Waals surface area contributed by atoms with Crippen LogP contribution in [0, 0.1) is 13.8 Å². The van der Waals surface area contributed by atoms with Gasteiger partial charge >= 0.3 is 0 Å². The molecule has 2 rings (SSSR count). The van der Waals surface area contributed by atoms with Crippen LogP contribution in [0.1, 0.15) is 33.5 Å². The van der Waals surface area contributed by atoms with Crippen molar-refractivity contribution in [2.24, 2.45) is 5.73 Å². The second kappa shape index (κ2) is 7.76. The molecule has 3 heteroatoms. The average Bonchev–Trinajstić information content (AvgIpc) is 2.52. The van der Waals surface area contributed by atoms with Crippen molar-refractivity contribution in [2.75, 3.05) is 13.1 Å². The molecule has 0 radical (unpaired) electrons. The number of amides is 1. The number of carbonyl (C=O) groups is 1. The highest BCUT2D eigenvalue weighted by molar-refractivity contribution is 5.95. The molecule has 0 fully saturated rings. The SMILES string of the molecule is Cc1ccc(C(=O)N(CCCN)Cc2ccccc2)c(C)c1. The van der Waals surface area contributed by atoms with Gasteiger partial charge in [0.1, 0.15) is 0 Å². The van der Waals surface area contributed by atoms with E-state index in [9.17, 15) is 4.79 Å². The predicted molar refractivity (Wildman–Crippen MR) is 90.8 cm³/mol. The maximum Gasteiger partial charge on any atom is 0.254 e. The summed E-state index contributed by atoms with van der Waals surface area (Å²) in [6, 6.07) is 16.0. The first-order valence-electron chi connectivity index (χ1n) is 7.72. The molecule has 116 valence electrons. The van der Waals surface area contributed by atoms with Gasteiger partial charge in [0.05, 0.1) is 0 Å². The van der Waals surface area contributed by atoms with Gasteiger partial charge in [-0.2, -0.15) is 0 Å². The minimum absolute atomic E-state index is 0.0785. The van der Waals surface area contributed by atoms with E-state index in [2.05, 4.69) is 6.07 Å². The number of hydrogen-bond acceptors (Lipinski definition) is 2. The Labute approximate surface area is 132 Å². The van der Waals surface area contributed by atoms with Gasteiger partial charge in [-0.3, -0.25) is 4.79 Å². The molecule has 0 heterocycles. The fraction of sp³-hybridized carbons (Fsp3) is 0.316. The molecular formula is C19H24N2O. The maximum atomic E-state index is 12.9. The molecule has 2 N–H and O–H groups in total. The lowest BCUT2D eigenvalue weighted by atomic mass is 10.0. The van der Waals surface area contributed by atoms with Gasteiger partial charge in [-0.05, 0) is 44.0 Å². The van der Waals surface area contributed by atoms with Crippen LogP contribution in [0.25, 0.3) is 0 Å². The minimum atomic E-state index is 0.0785. The summed E-state index contributed by atoms with van der Waals surface area (Å²) in [4.78, 5) is 14.8. The summed E-state index contributed by atoms with van der Waals surface area (Å²) in [5, 5.41) is 0. The van der Waals surface area contributed by atoms with Gasteiger partial charge in [0, 0.05) is 18.7 Å². The van der Waals surface area contributed by atoms with Crippen molar-refractivity contribution in [3.05, 3.63) is 70.8 Å². The van der Waals surface area contributed by atoms with Crippen molar-refractivity contribution in [1.82, 2.24) is 4.90 Å². The van der Waals surface area contributed by atoms with Crippen LogP contribution in [0.5, 0.6) is 0 Å².